The molecular weight excluding hydrogens is 490 g/mol. The summed E-state index contributed by atoms with van der Waals surface area (Å²) in [5.41, 5.74) is 8.91. The van der Waals surface area contributed by atoms with Gasteiger partial charge in [-0.05, 0) is 42.9 Å². The molecule has 1 aliphatic heterocycles. The number of carbonyl (C=O) groups is 1. The number of anilines is 2. The Kier molecular flexibility index (Phi) is 7.81. The number of hydrogen-bond donors (Lipinski definition) is 2. The van der Waals surface area contributed by atoms with Gasteiger partial charge in [0.15, 0.2) is 11.5 Å². The van der Waals surface area contributed by atoms with Crippen molar-refractivity contribution in [2.75, 3.05) is 44.5 Å². The molecule has 0 unspecified atom stereocenters. The minimum absolute atomic E-state index is 0.109. The van der Waals surface area contributed by atoms with Crippen LogP contribution >= 0.6 is 0 Å². The summed E-state index contributed by atoms with van der Waals surface area (Å²) in [7, 11) is 3.18. The zero-order valence-corrected chi connectivity index (χ0v) is 22.5. The molecule has 0 bridgehead atoms. The number of nitrogens with two attached hydrogens (primary N) is 1. The van der Waals surface area contributed by atoms with E-state index >= 15 is 0 Å². The second-order valence-corrected chi connectivity index (χ2v) is 10.1. The number of nitrogens with zero attached hydrogens (tertiary/aromatic N) is 3. The summed E-state index contributed by atoms with van der Waals surface area (Å²) >= 11 is 0. The molecule has 5 rings (SSSR count). The van der Waals surface area contributed by atoms with Crippen LogP contribution in [0.25, 0.3) is 10.9 Å². The van der Waals surface area contributed by atoms with Crippen LogP contribution in [0.3, 0.4) is 0 Å². The second kappa shape index (κ2) is 11.6. The molecule has 0 aliphatic carbocycles. The minimum atomic E-state index is -0.506. The SMILES string of the molecule is COc1cc2nc(N3CCC(Cc4ccccc4)(C(=O)NCCc4ccccc4)CC3)nc(N)c2cc1OC. The molecule has 0 saturated carbocycles. The Morgan fingerprint density at radius 3 is 2.18 bits per heavy atom. The lowest BCUT2D eigenvalue weighted by atomic mass is 9.73. The summed E-state index contributed by atoms with van der Waals surface area (Å²) in [6.07, 6.45) is 2.87. The van der Waals surface area contributed by atoms with Gasteiger partial charge in [0, 0.05) is 31.1 Å². The van der Waals surface area contributed by atoms with E-state index in [0.717, 1.165) is 12.0 Å². The predicted octanol–water partition coefficient (Wildman–Crippen LogP) is 4.42. The number of ether oxygens (including phenoxy) is 2. The molecule has 1 saturated heterocycles. The van der Waals surface area contributed by atoms with Crippen LogP contribution in [0.4, 0.5) is 11.8 Å². The first-order valence-electron chi connectivity index (χ1n) is 13.3. The Labute approximate surface area is 229 Å². The van der Waals surface area contributed by atoms with Gasteiger partial charge in [-0.1, -0.05) is 60.7 Å². The van der Waals surface area contributed by atoms with Crippen molar-refractivity contribution < 1.29 is 14.3 Å². The second-order valence-electron chi connectivity index (χ2n) is 10.1. The van der Waals surface area contributed by atoms with Gasteiger partial charge in [-0.2, -0.15) is 4.98 Å². The summed E-state index contributed by atoms with van der Waals surface area (Å²) in [6, 6.07) is 24.1. The number of piperidine rings is 1. The Balaban J connectivity index is 1.34. The van der Waals surface area contributed by atoms with Crippen molar-refractivity contribution in [3.05, 3.63) is 83.9 Å². The average Bonchev–Trinajstić information content (AvgIpc) is 2.97. The topological polar surface area (TPSA) is 103 Å². The van der Waals surface area contributed by atoms with Gasteiger partial charge < -0.3 is 25.4 Å². The number of hydrogen-bond acceptors (Lipinski definition) is 7. The van der Waals surface area contributed by atoms with Crippen molar-refractivity contribution in [2.45, 2.75) is 25.7 Å². The normalized spacial score (nSPS) is 14.7. The summed E-state index contributed by atoms with van der Waals surface area (Å²) < 4.78 is 10.9. The van der Waals surface area contributed by atoms with Crippen LogP contribution in [0.15, 0.2) is 72.8 Å². The van der Waals surface area contributed by atoms with E-state index in [0.29, 0.717) is 73.1 Å². The van der Waals surface area contributed by atoms with Crippen molar-refractivity contribution in [3.63, 3.8) is 0 Å². The monoisotopic (exact) mass is 525 g/mol. The number of benzene rings is 3. The molecule has 39 heavy (non-hydrogen) atoms. The van der Waals surface area contributed by atoms with Crippen molar-refractivity contribution in [1.82, 2.24) is 15.3 Å². The number of rotatable bonds is 9. The molecule has 8 nitrogen and oxygen atoms in total. The molecule has 0 spiro atoms. The fraction of sp³-hybridized carbons (Fsp3) is 0.323. The third-order valence-electron chi connectivity index (χ3n) is 7.63. The highest BCUT2D eigenvalue weighted by atomic mass is 16.5. The molecular formula is C31H35N5O3. The first-order chi connectivity index (χ1) is 19.0. The predicted molar refractivity (Wildman–Crippen MR) is 154 cm³/mol. The number of nitrogen functional groups attached to an aromatic ring is 1. The first-order valence-corrected chi connectivity index (χ1v) is 13.3. The van der Waals surface area contributed by atoms with E-state index in [1.54, 1.807) is 20.3 Å². The van der Waals surface area contributed by atoms with Crippen molar-refractivity contribution >= 4 is 28.6 Å². The quantitative estimate of drug-likeness (QED) is 0.334. The Bertz CT molecular complexity index is 1420. The van der Waals surface area contributed by atoms with Gasteiger partial charge >= 0.3 is 0 Å². The van der Waals surface area contributed by atoms with Crippen LogP contribution < -0.4 is 25.4 Å². The van der Waals surface area contributed by atoms with E-state index in [-0.39, 0.29) is 5.91 Å². The lowest BCUT2D eigenvalue weighted by Crippen LogP contribution is -2.50. The summed E-state index contributed by atoms with van der Waals surface area (Å²) in [6.45, 7) is 1.91. The highest BCUT2D eigenvalue weighted by Crippen LogP contribution is 2.38. The fourth-order valence-corrected chi connectivity index (χ4v) is 5.37. The molecule has 4 aromatic rings. The lowest BCUT2D eigenvalue weighted by molar-refractivity contribution is -0.132. The Morgan fingerprint density at radius 1 is 0.923 bits per heavy atom. The van der Waals surface area contributed by atoms with E-state index in [1.807, 2.05) is 42.5 Å². The van der Waals surface area contributed by atoms with E-state index in [2.05, 4.69) is 39.5 Å². The number of methoxy groups -OCH3 is 2. The van der Waals surface area contributed by atoms with Gasteiger partial charge in [0.1, 0.15) is 5.82 Å². The van der Waals surface area contributed by atoms with Crippen LogP contribution in [-0.4, -0.2) is 49.7 Å². The molecule has 1 amide bonds. The lowest BCUT2D eigenvalue weighted by Gasteiger charge is -2.41. The zero-order chi connectivity index (χ0) is 27.2. The average molecular weight is 526 g/mol. The molecule has 1 aromatic heterocycles. The maximum atomic E-state index is 13.7. The van der Waals surface area contributed by atoms with E-state index in [4.69, 9.17) is 20.2 Å². The molecule has 0 atom stereocenters. The number of carbonyl (C=O) groups excluding carboxylic acids is 1. The number of fused-ring (bicyclic) bond motifs is 1. The van der Waals surface area contributed by atoms with Gasteiger partial charge in [0.2, 0.25) is 11.9 Å². The fourth-order valence-electron chi connectivity index (χ4n) is 5.37. The molecule has 3 N–H and O–H groups in total. The van der Waals surface area contributed by atoms with E-state index < -0.39 is 5.41 Å². The third-order valence-corrected chi connectivity index (χ3v) is 7.63. The summed E-state index contributed by atoms with van der Waals surface area (Å²) in [4.78, 5) is 25.2. The van der Waals surface area contributed by atoms with Crippen LogP contribution in [-0.2, 0) is 17.6 Å². The molecule has 1 aliphatic rings. The van der Waals surface area contributed by atoms with Crippen molar-refractivity contribution in [1.29, 1.82) is 0 Å². The molecule has 2 heterocycles. The zero-order valence-electron chi connectivity index (χ0n) is 22.5. The number of nitrogens with one attached hydrogen (secondary N) is 1. The van der Waals surface area contributed by atoms with Crippen LogP contribution in [0.1, 0.15) is 24.0 Å². The number of aromatic nitrogens is 2. The largest absolute Gasteiger partial charge is 0.493 e. The smallest absolute Gasteiger partial charge is 0.227 e. The maximum absolute atomic E-state index is 13.7. The van der Waals surface area contributed by atoms with E-state index in [1.165, 1.54) is 5.56 Å². The van der Waals surface area contributed by atoms with Crippen LogP contribution in [0.2, 0.25) is 0 Å². The molecule has 1 fully saturated rings. The van der Waals surface area contributed by atoms with Gasteiger partial charge in [0.25, 0.3) is 0 Å². The van der Waals surface area contributed by atoms with Gasteiger partial charge in [-0.25, -0.2) is 4.98 Å². The molecule has 8 heteroatoms. The molecule has 3 aromatic carbocycles. The standard InChI is InChI=1S/C31H35N5O3/c1-38-26-19-24-25(20-27(26)39-2)34-30(35-28(24)32)36-17-14-31(15-18-36,21-23-11-7-4-8-12-23)29(37)33-16-13-22-9-5-3-6-10-22/h3-12,19-20H,13-18,21H2,1-2H3,(H,33,37)(H2,32,34,35). The van der Waals surface area contributed by atoms with Gasteiger partial charge in [-0.3, -0.25) is 4.79 Å². The first kappa shape index (κ1) is 26.3. The third kappa shape index (κ3) is 5.74. The van der Waals surface area contributed by atoms with Gasteiger partial charge in [-0.15, -0.1) is 0 Å². The summed E-state index contributed by atoms with van der Waals surface area (Å²) in [5, 5.41) is 3.95. The molecule has 0 radical (unpaired) electrons. The Hall–Kier alpha value is -4.33. The van der Waals surface area contributed by atoms with Crippen LogP contribution in [0.5, 0.6) is 11.5 Å². The maximum Gasteiger partial charge on any atom is 0.227 e. The molecule has 202 valence electrons. The van der Waals surface area contributed by atoms with Gasteiger partial charge in [0.05, 0.1) is 25.2 Å². The highest BCUT2D eigenvalue weighted by Gasteiger charge is 2.41. The summed E-state index contributed by atoms with van der Waals surface area (Å²) in [5.74, 6) is 2.22. The van der Waals surface area contributed by atoms with E-state index in [9.17, 15) is 4.79 Å². The number of amides is 1. The van der Waals surface area contributed by atoms with Crippen molar-refractivity contribution in [2.24, 2.45) is 5.41 Å². The minimum Gasteiger partial charge on any atom is -0.493 e. The van der Waals surface area contributed by atoms with Crippen molar-refractivity contribution in [3.8, 4) is 11.5 Å². The van der Waals surface area contributed by atoms with Crippen LogP contribution in [0, 0.1) is 5.41 Å². The highest BCUT2D eigenvalue weighted by molar-refractivity contribution is 5.92. The Morgan fingerprint density at radius 2 is 1.54 bits per heavy atom.